The van der Waals surface area contributed by atoms with Gasteiger partial charge < -0.3 is 4.74 Å². The lowest BCUT2D eigenvalue weighted by Gasteiger charge is -2.33. The molecule has 138 valence electrons. The molecule has 0 unspecified atom stereocenters. The molecule has 0 aliphatic carbocycles. The molecule has 0 saturated carbocycles. The Balaban J connectivity index is 1.90. The number of cyclic esters (lactones) is 1. The van der Waals surface area contributed by atoms with Gasteiger partial charge in [-0.2, -0.15) is 0 Å². The standard InChI is InChI=1S/C26H22O2/c27-25-26(17-5-6-18-28-25,23-15-7-11-19-9-1-3-13-21(19)23)24-16-8-12-20-10-2-4-14-22(20)24/h1-4,7-16H,5-6,17-18H2. The number of hydrogen-bond donors (Lipinski definition) is 0. The van der Waals surface area contributed by atoms with Gasteiger partial charge in [0, 0.05) is 0 Å². The van der Waals surface area contributed by atoms with Crippen molar-refractivity contribution in [1.29, 1.82) is 0 Å². The highest BCUT2D eigenvalue weighted by Crippen LogP contribution is 2.45. The van der Waals surface area contributed by atoms with Crippen molar-refractivity contribution in [3.05, 3.63) is 96.1 Å². The molecule has 28 heavy (non-hydrogen) atoms. The zero-order chi connectivity index (χ0) is 19.0. The van der Waals surface area contributed by atoms with Crippen LogP contribution in [0.1, 0.15) is 30.4 Å². The van der Waals surface area contributed by atoms with Gasteiger partial charge in [0.15, 0.2) is 0 Å². The molecule has 0 atom stereocenters. The topological polar surface area (TPSA) is 26.3 Å². The van der Waals surface area contributed by atoms with Gasteiger partial charge in [0.05, 0.1) is 6.61 Å². The van der Waals surface area contributed by atoms with E-state index in [9.17, 15) is 4.79 Å². The van der Waals surface area contributed by atoms with E-state index < -0.39 is 5.41 Å². The van der Waals surface area contributed by atoms with Gasteiger partial charge >= 0.3 is 5.97 Å². The second-order valence-corrected chi connectivity index (χ2v) is 7.55. The predicted molar refractivity (Wildman–Crippen MR) is 113 cm³/mol. The molecule has 0 amide bonds. The molecule has 5 rings (SSSR count). The Hall–Kier alpha value is -3.13. The summed E-state index contributed by atoms with van der Waals surface area (Å²) < 4.78 is 5.79. The van der Waals surface area contributed by atoms with Crippen molar-refractivity contribution in [3.8, 4) is 0 Å². The molecule has 1 fully saturated rings. The molecule has 0 radical (unpaired) electrons. The molecular formula is C26H22O2. The fourth-order valence-electron chi connectivity index (χ4n) is 4.71. The highest BCUT2D eigenvalue weighted by Gasteiger charge is 2.46. The molecule has 1 aliphatic rings. The van der Waals surface area contributed by atoms with E-state index in [-0.39, 0.29) is 5.97 Å². The van der Waals surface area contributed by atoms with Gasteiger partial charge in [0.25, 0.3) is 0 Å². The number of esters is 1. The van der Waals surface area contributed by atoms with Crippen molar-refractivity contribution in [2.75, 3.05) is 6.61 Å². The normalized spacial score (nSPS) is 16.6. The third-order valence-electron chi connectivity index (χ3n) is 6.03. The maximum atomic E-state index is 13.6. The van der Waals surface area contributed by atoms with Gasteiger partial charge in [0.1, 0.15) is 5.41 Å². The first-order valence-corrected chi connectivity index (χ1v) is 9.94. The second-order valence-electron chi connectivity index (χ2n) is 7.55. The number of carbonyl (C=O) groups excluding carboxylic acids is 1. The van der Waals surface area contributed by atoms with Gasteiger partial charge in [-0.1, -0.05) is 84.9 Å². The summed E-state index contributed by atoms with van der Waals surface area (Å²) in [6, 6.07) is 29.2. The zero-order valence-electron chi connectivity index (χ0n) is 15.7. The summed E-state index contributed by atoms with van der Waals surface area (Å²) in [6.07, 6.45) is 2.62. The lowest BCUT2D eigenvalue weighted by atomic mass is 9.68. The minimum absolute atomic E-state index is 0.127. The molecule has 1 heterocycles. The predicted octanol–water partition coefficient (Wildman–Crippen LogP) is 6.01. The Morgan fingerprint density at radius 3 is 1.79 bits per heavy atom. The van der Waals surface area contributed by atoms with E-state index in [1.165, 1.54) is 0 Å². The van der Waals surface area contributed by atoms with Crippen LogP contribution in [0.25, 0.3) is 21.5 Å². The number of rotatable bonds is 2. The fourth-order valence-corrected chi connectivity index (χ4v) is 4.71. The van der Waals surface area contributed by atoms with Crippen molar-refractivity contribution in [2.45, 2.75) is 24.7 Å². The van der Waals surface area contributed by atoms with Crippen LogP contribution in [0, 0.1) is 0 Å². The highest BCUT2D eigenvalue weighted by atomic mass is 16.5. The second kappa shape index (κ2) is 6.79. The molecule has 2 heteroatoms. The molecule has 0 aromatic heterocycles. The van der Waals surface area contributed by atoms with E-state index in [2.05, 4.69) is 60.7 Å². The molecule has 4 aromatic carbocycles. The summed E-state index contributed by atoms with van der Waals surface area (Å²) in [5.74, 6) is -0.127. The van der Waals surface area contributed by atoms with Crippen molar-refractivity contribution in [2.24, 2.45) is 0 Å². The average molecular weight is 366 g/mol. The van der Waals surface area contributed by atoms with Gasteiger partial charge in [-0.25, -0.2) is 0 Å². The molecule has 0 spiro atoms. The van der Waals surface area contributed by atoms with Crippen LogP contribution in [0.5, 0.6) is 0 Å². The van der Waals surface area contributed by atoms with E-state index in [1.807, 2.05) is 24.3 Å². The van der Waals surface area contributed by atoms with Crippen LogP contribution in [0.3, 0.4) is 0 Å². The molecule has 0 bridgehead atoms. The van der Waals surface area contributed by atoms with Crippen LogP contribution in [0.15, 0.2) is 84.9 Å². The van der Waals surface area contributed by atoms with E-state index >= 15 is 0 Å². The van der Waals surface area contributed by atoms with E-state index in [0.29, 0.717) is 6.61 Å². The molecule has 0 N–H and O–H groups in total. The van der Waals surface area contributed by atoms with Crippen molar-refractivity contribution in [3.63, 3.8) is 0 Å². The van der Waals surface area contributed by atoms with Crippen LogP contribution < -0.4 is 0 Å². The van der Waals surface area contributed by atoms with Crippen molar-refractivity contribution >= 4 is 27.5 Å². The quantitative estimate of drug-likeness (QED) is 0.406. The Morgan fingerprint density at radius 2 is 1.18 bits per heavy atom. The first-order valence-electron chi connectivity index (χ1n) is 9.94. The first-order chi connectivity index (χ1) is 13.8. The Labute approximate surface area is 164 Å². The van der Waals surface area contributed by atoms with Gasteiger partial charge in [-0.05, 0) is 51.9 Å². The summed E-state index contributed by atoms with van der Waals surface area (Å²) in [5, 5.41) is 4.54. The molecule has 1 aliphatic heterocycles. The third kappa shape index (κ3) is 2.52. The Bertz CT molecular complexity index is 1090. The summed E-state index contributed by atoms with van der Waals surface area (Å²) >= 11 is 0. The fraction of sp³-hybridized carbons (Fsp3) is 0.192. The van der Waals surface area contributed by atoms with Crippen LogP contribution in [0.2, 0.25) is 0 Å². The van der Waals surface area contributed by atoms with Gasteiger partial charge in [-0.15, -0.1) is 0 Å². The average Bonchev–Trinajstić information content (AvgIpc) is 2.95. The van der Waals surface area contributed by atoms with Gasteiger partial charge in [-0.3, -0.25) is 4.79 Å². The lowest BCUT2D eigenvalue weighted by molar-refractivity contribution is -0.147. The lowest BCUT2D eigenvalue weighted by Crippen LogP contribution is -2.38. The Morgan fingerprint density at radius 1 is 0.643 bits per heavy atom. The number of benzene rings is 4. The monoisotopic (exact) mass is 366 g/mol. The van der Waals surface area contributed by atoms with E-state index in [0.717, 1.165) is 51.9 Å². The first kappa shape index (κ1) is 17.0. The smallest absolute Gasteiger partial charge is 0.321 e. The summed E-state index contributed by atoms with van der Waals surface area (Å²) in [7, 11) is 0. The minimum atomic E-state index is -0.793. The highest BCUT2D eigenvalue weighted by molar-refractivity contribution is 6.00. The van der Waals surface area contributed by atoms with E-state index in [4.69, 9.17) is 4.74 Å². The van der Waals surface area contributed by atoms with E-state index in [1.54, 1.807) is 0 Å². The van der Waals surface area contributed by atoms with Crippen molar-refractivity contribution < 1.29 is 9.53 Å². The van der Waals surface area contributed by atoms with Crippen LogP contribution >= 0.6 is 0 Å². The molecule has 1 saturated heterocycles. The maximum absolute atomic E-state index is 13.6. The summed E-state index contributed by atoms with van der Waals surface area (Å²) in [4.78, 5) is 13.6. The third-order valence-corrected chi connectivity index (χ3v) is 6.03. The number of hydrogen-bond acceptors (Lipinski definition) is 2. The molecule has 2 nitrogen and oxygen atoms in total. The molecular weight excluding hydrogens is 344 g/mol. The van der Waals surface area contributed by atoms with Crippen LogP contribution in [-0.2, 0) is 14.9 Å². The van der Waals surface area contributed by atoms with Gasteiger partial charge in [0.2, 0.25) is 0 Å². The van der Waals surface area contributed by atoms with Crippen LogP contribution in [0.4, 0.5) is 0 Å². The summed E-state index contributed by atoms with van der Waals surface area (Å²) in [5.41, 5.74) is 1.31. The Kier molecular flexibility index (Phi) is 4.12. The van der Waals surface area contributed by atoms with Crippen LogP contribution in [-0.4, -0.2) is 12.6 Å². The zero-order valence-corrected chi connectivity index (χ0v) is 15.7. The SMILES string of the molecule is O=C1OCCCCC1(c1cccc2ccccc12)c1cccc2ccccc12. The number of ether oxygens (including phenoxy) is 1. The molecule has 4 aromatic rings. The summed E-state index contributed by atoms with van der Waals surface area (Å²) in [6.45, 7) is 0.496. The number of carbonyl (C=O) groups is 1. The number of fused-ring (bicyclic) bond motifs is 2. The van der Waals surface area contributed by atoms with Crippen molar-refractivity contribution in [1.82, 2.24) is 0 Å². The minimum Gasteiger partial charge on any atom is -0.465 e. The largest absolute Gasteiger partial charge is 0.465 e. The maximum Gasteiger partial charge on any atom is 0.321 e.